The summed E-state index contributed by atoms with van der Waals surface area (Å²) in [5, 5.41) is 29.1. The average Bonchev–Trinajstić information content (AvgIpc) is 2.61. The number of hydrogen-bond donors (Lipinski definition) is 3. The number of phenolic OH excluding ortho intramolecular Hbond substituents is 1. The summed E-state index contributed by atoms with van der Waals surface area (Å²) in [6, 6.07) is 3.95. The molecule has 0 amide bonds. The first-order valence-corrected chi connectivity index (χ1v) is 9.01. The van der Waals surface area contributed by atoms with E-state index < -0.39 is 0 Å². The van der Waals surface area contributed by atoms with E-state index in [1.807, 2.05) is 24.0 Å². The maximum absolute atomic E-state index is 10.8. The minimum absolute atomic E-state index is 0.0151. The first-order chi connectivity index (χ1) is 12.5. The number of ether oxygens (including phenoxy) is 2. The fourth-order valence-electron chi connectivity index (χ4n) is 2.92. The van der Waals surface area contributed by atoms with E-state index in [9.17, 15) is 15.3 Å². The highest BCUT2D eigenvalue weighted by Gasteiger charge is 2.15. The number of nitrogens with zero attached hydrogens (tertiary/aromatic N) is 2. The van der Waals surface area contributed by atoms with Gasteiger partial charge in [0.25, 0.3) is 0 Å². The van der Waals surface area contributed by atoms with Gasteiger partial charge in [-0.2, -0.15) is 0 Å². The van der Waals surface area contributed by atoms with Gasteiger partial charge in [0, 0.05) is 64.6 Å². The molecule has 0 radical (unpaired) electrons. The minimum Gasteiger partial charge on any atom is -0.507 e. The Morgan fingerprint density at radius 3 is 1.62 bits per heavy atom. The van der Waals surface area contributed by atoms with Gasteiger partial charge in [0.05, 0.1) is 26.4 Å². The third kappa shape index (κ3) is 7.99. The highest BCUT2D eigenvalue weighted by molar-refractivity contribution is 5.43. The van der Waals surface area contributed by atoms with Crippen LogP contribution < -0.4 is 0 Å². The van der Waals surface area contributed by atoms with E-state index in [1.54, 1.807) is 14.2 Å². The van der Waals surface area contributed by atoms with Gasteiger partial charge in [0.15, 0.2) is 0 Å². The van der Waals surface area contributed by atoms with E-state index in [0.29, 0.717) is 39.4 Å². The number of phenols is 1. The van der Waals surface area contributed by atoms with E-state index in [1.165, 1.54) is 0 Å². The van der Waals surface area contributed by atoms with Crippen LogP contribution in [0.5, 0.6) is 5.75 Å². The molecule has 26 heavy (non-hydrogen) atoms. The molecule has 7 nitrogen and oxygen atoms in total. The molecule has 0 spiro atoms. The molecule has 0 aromatic heterocycles. The van der Waals surface area contributed by atoms with Crippen molar-refractivity contribution in [1.29, 1.82) is 0 Å². The second-order valence-electron chi connectivity index (χ2n) is 6.42. The lowest BCUT2D eigenvalue weighted by Crippen LogP contribution is -2.31. The van der Waals surface area contributed by atoms with Gasteiger partial charge in [0.2, 0.25) is 0 Å². The quantitative estimate of drug-likeness (QED) is 0.442. The van der Waals surface area contributed by atoms with E-state index >= 15 is 0 Å². The van der Waals surface area contributed by atoms with E-state index in [0.717, 1.165) is 29.8 Å². The number of methoxy groups -OCH3 is 2. The van der Waals surface area contributed by atoms with Gasteiger partial charge in [-0.05, 0) is 6.92 Å². The first-order valence-electron chi connectivity index (χ1n) is 9.01. The summed E-state index contributed by atoms with van der Waals surface area (Å²) >= 11 is 0. The molecule has 0 bridgehead atoms. The summed E-state index contributed by atoms with van der Waals surface area (Å²) < 4.78 is 10.4. The number of rotatable bonds is 14. The monoisotopic (exact) mass is 370 g/mol. The molecule has 0 aliphatic carbocycles. The first kappa shape index (κ1) is 22.8. The lowest BCUT2D eigenvalue weighted by Gasteiger charge is -2.25. The lowest BCUT2D eigenvalue weighted by molar-refractivity contribution is 0.109. The van der Waals surface area contributed by atoms with Crippen LogP contribution >= 0.6 is 0 Å². The van der Waals surface area contributed by atoms with E-state index in [4.69, 9.17) is 9.47 Å². The highest BCUT2D eigenvalue weighted by Crippen LogP contribution is 2.27. The molecule has 1 rings (SSSR count). The summed E-state index contributed by atoms with van der Waals surface area (Å²) in [6.45, 7) is 6.77. The van der Waals surface area contributed by atoms with Gasteiger partial charge in [-0.3, -0.25) is 9.80 Å². The molecule has 1 aromatic carbocycles. The standard InChI is InChI=1S/C19H34N2O5/c1-16-12-17(14-20(4-8-22)5-9-23)19(24)18(13-16)15-21(6-10-25-2)7-11-26-3/h12-13,22-24H,4-11,14-15H2,1-3H3. The molecule has 0 aliphatic heterocycles. The molecule has 7 heteroatoms. The van der Waals surface area contributed by atoms with E-state index in [2.05, 4.69) is 4.90 Å². The molecule has 0 saturated carbocycles. The zero-order chi connectivity index (χ0) is 19.4. The van der Waals surface area contributed by atoms with Crippen LogP contribution in [0.1, 0.15) is 16.7 Å². The molecule has 0 aliphatic rings. The Hall–Kier alpha value is -1.22. The number of aromatic hydroxyl groups is 1. The minimum atomic E-state index is 0.0151. The van der Waals surface area contributed by atoms with Crippen LogP contribution in [0, 0.1) is 6.92 Å². The average molecular weight is 370 g/mol. The van der Waals surface area contributed by atoms with Crippen LogP contribution in [-0.4, -0.2) is 91.9 Å². The van der Waals surface area contributed by atoms with Gasteiger partial charge in [-0.15, -0.1) is 0 Å². The van der Waals surface area contributed by atoms with Crippen LogP contribution in [0.2, 0.25) is 0 Å². The van der Waals surface area contributed by atoms with Crippen LogP contribution in [0.3, 0.4) is 0 Å². The predicted molar refractivity (Wildman–Crippen MR) is 101 cm³/mol. The van der Waals surface area contributed by atoms with Gasteiger partial charge >= 0.3 is 0 Å². The second-order valence-corrected chi connectivity index (χ2v) is 6.42. The van der Waals surface area contributed by atoms with Crippen molar-refractivity contribution in [2.75, 3.05) is 66.8 Å². The molecule has 0 atom stereocenters. The largest absolute Gasteiger partial charge is 0.507 e. The fourth-order valence-corrected chi connectivity index (χ4v) is 2.92. The molecule has 150 valence electrons. The highest BCUT2D eigenvalue weighted by atomic mass is 16.5. The Morgan fingerprint density at radius 1 is 0.808 bits per heavy atom. The van der Waals surface area contributed by atoms with Crippen molar-refractivity contribution >= 4 is 0 Å². The van der Waals surface area contributed by atoms with E-state index in [-0.39, 0.29) is 19.0 Å². The van der Waals surface area contributed by atoms with Crippen molar-refractivity contribution in [2.45, 2.75) is 20.0 Å². The zero-order valence-corrected chi connectivity index (χ0v) is 16.3. The number of aliphatic hydroxyl groups is 2. The van der Waals surface area contributed by atoms with Crippen molar-refractivity contribution < 1.29 is 24.8 Å². The number of hydrogen-bond acceptors (Lipinski definition) is 7. The third-order valence-electron chi connectivity index (χ3n) is 4.26. The normalized spacial score (nSPS) is 11.7. The molecule has 0 saturated heterocycles. The van der Waals surface area contributed by atoms with Crippen molar-refractivity contribution in [2.24, 2.45) is 0 Å². The van der Waals surface area contributed by atoms with Crippen LogP contribution in [-0.2, 0) is 22.6 Å². The van der Waals surface area contributed by atoms with Gasteiger partial charge < -0.3 is 24.8 Å². The van der Waals surface area contributed by atoms with Crippen molar-refractivity contribution in [1.82, 2.24) is 9.80 Å². The fraction of sp³-hybridized carbons (Fsp3) is 0.684. The smallest absolute Gasteiger partial charge is 0.124 e. The molecule has 3 N–H and O–H groups in total. The zero-order valence-electron chi connectivity index (χ0n) is 16.3. The maximum atomic E-state index is 10.8. The predicted octanol–water partition coefficient (Wildman–Crippen LogP) is 0.582. The van der Waals surface area contributed by atoms with Crippen LogP contribution in [0.15, 0.2) is 12.1 Å². The lowest BCUT2D eigenvalue weighted by atomic mass is 10.0. The Kier molecular flexibility index (Phi) is 11.4. The number of aryl methyl sites for hydroxylation is 1. The summed E-state index contributed by atoms with van der Waals surface area (Å²) in [7, 11) is 3.35. The number of aliphatic hydroxyl groups excluding tert-OH is 2. The SMILES string of the molecule is COCCN(CCOC)Cc1cc(C)cc(CN(CCO)CCO)c1O. The summed E-state index contributed by atoms with van der Waals surface area (Å²) in [5.41, 5.74) is 2.74. The second kappa shape index (κ2) is 13.0. The maximum Gasteiger partial charge on any atom is 0.124 e. The van der Waals surface area contributed by atoms with Gasteiger partial charge in [-0.25, -0.2) is 0 Å². The van der Waals surface area contributed by atoms with Crippen molar-refractivity contribution in [3.05, 3.63) is 28.8 Å². The van der Waals surface area contributed by atoms with Gasteiger partial charge in [0.1, 0.15) is 5.75 Å². The molecular weight excluding hydrogens is 336 g/mol. The molecule has 0 unspecified atom stereocenters. The van der Waals surface area contributed by atoms with Crippen LogP contribution in [0.25, 0.3) is 0 Å². The van der Waals surface area contributed by atoms with Crippen molar-refractivity contribution in [3.63, 3.8) is 0 Å². The van der Waals surface area contributed by atoms with Gasteiger partial charge in [-0.1, -0.05) is 17.7 Å². The topological polar surface area (TPSA) is 85.6 Å². The van der Waals surface area contributed by atoms with Crippen LogP contribution in [0.4, 0.5) is 0 Å². The number of benzene rings is 1. The Bertz CT molecular complexity index is 499. The molecular formula is C19H34N2O5. The summed E-state index contributed by atoms with van der Waals surface area (Å²) in [4.78, 5) is 4.11. The molecule has 0 heterocycles. The molecule has 0 fully saturated rings. The molecule has 1 aromatic rings. The Balaban J connectivity index is 2.94. The Labute approximate surface area is 156 Å². The Morgan fingerprint density at radius 2 is 1.23 bits per heavy atom. The van der Waals surface area contributed by atoms with Crippen molar-refractivity contribution in [3.8, 4) is 5.75 Å². The summed E-state index contributed by atoms with van der Waals surface area (Å²) in [6.07, 6.45) is 0. The summed E-state index contributed by atoms with van der Waals surface area (Å²) in [5.74, 6) is 0.274. The third-order valence-corrected chi connectivity index (χ3v) is 4.26.